The van der Waals surface area contributed by atoms with E-state index in [0.29, 0.717) is 0 Å². The molecular weight excluding hydrogens is 228 g/mol. The van der Waals surface area contributed by atoms with Crippen LogP contribution in [0.25, 0.3) is 0 Å². The zero-order valence-electron chi connectivity index (χ0n) is 10.3. The van der Waals surface area contributed by atoms with Gasteiger partial charge in [0.1, 0.15) is 0 Å². The molecule has 1 aromatic carbocycles. The molecule has 0 unspecified atom stereocenters. The summed E-state index contributed by atoms with van der Waals surface area (Å²) in [4.78, 5) is 11.1. The summed E-state index contributed by atoms with van der Waals surface area (Å²) >= 11 is 0. The van der Waals surface area contributed by atoms with E-state index in [1.165, 1.54) is 11.1 Å². The molecule has 1 fully saturated rings. The van der Waals surface area contributed by atoms with Crippen LogP contribution in [0, 0.1) is 5.41 Å². The summed E-state index contributed by atoms with van der Waals surface area (Å²) in [6, 6.07) is 8.18. The Hall–Kier alpha value is -1.55. The number of hydrogen-bond acceptors (Lipinski definition) is 2. The molecule has 4 heteroatoms. The first-order valence-corrected chi connectivity index (χ1v) is 6.49. The number of carbonyl (C=O) groups is 1. The SMILES string of the molecule is O=C(O)N[C@@H]1c2ccccc2CC12CCNCC2. The van der Waals surface area contributed by atoms with E-state index in [1.54, 1.807) is 0 Å². The first-order chi connectivity index (χ1) is 8.71. The second-order valence-electron chi connectivity index (χ2n) is 5.37. The highest BCUT2D eigenvalue weighted by molar-refractivity contribution is 5.66. The molecule has 1 saturated heterocycles. The first-order valence-electron chi connectivity index (χ1n) is 6.49. The maximum absolute atomic E-state index is 11.1. The predicted molar refractivity (Wildman–Crippen MR) is 68.6 cm³/mol. The average molecular weight is 246 g/mol. The normalized spacial score (nSPS) is 24.8. The number of benzene rings is 1. The van der Waals surface area contributed by atoms with Crippen molar-refractivity contribution in [1.29, 1.82) is 0 Å². The molecule has 4 nitrogen and oxygen atoms in total. The molecule has 0 saturated carbocycles. The van der Waals surface area contributed by atoms with Crippen LogP contribution in [0.5, 0.6) is 0 Å². The zero-order valence-corrected chi connectivity index (χ0v) is 10.3. The predicted octanol–water partition coefficient (Wildman–Crippen LogP) is 1.92. The van der Waals surface area contributed by atoms with E-state index in [2.05, 4.69) is 22.8 Å². The van der Waals surface area contributed by atoms with Crippen molar-refractivity contribution in [2.45, 2.75) is 25.3 Å². The summed E-state index contributed by atoms with van der Waals surface area (Å²) in [5.41, 5.74) is 2.55. The topological polar surface area (TPSA) is 61.4 Å². The second kappa shape index (κ2) is 4.28. The van der Waals surface area contributed by atoms with Gasteiger partial charge in [0.25, 0.3) is 0 Å². The van der Waals surface area contributed by atoms with E-state index in [4.69, 9.17) is 5.11 Å². The lowest BCUT2D eigenvalue weighted by Crippen LogP contribution is -2.45. The molecule has 0 bridgehead atoms. The third kappa shape index (κ3) is 1.77. The summed E-state index contributed by atoms with van der Waals surface area (Å²) in [5.74, 6) is 0. The van der Waals surface area contributed by atoms with E-state index in [9.17, 15) is 4.79 Å². The van der Waals surface area contributed by atoms with Crippen molar-refractivity contribution in [2.75, 3.05) is 13.1 Å². The van der Waals surface area contributed by atoms with Crippen molar-refractivity contribution in [3.63, 3.8) is 0 Å². The molecule has 1 atom stereocenters. The van der Waals surface area contributed by atoms with Gasteiger partial charge in [0.15, 0.2) is 0 Å². The molecule has 3 N–H and O–H groups in total. The highest BCUT2D eigenvalue weighted by Crippen LogP contribution is 2.50. The Balaban J connectivity index is 1.98. The molecule has 18 heavy (non-hydrogen) atoms. The van der Waals surface area contributed by atoms with Crippen LogP contribution >= 0.6 is 0 Å². The molecule has 1 amide bonds. The van der Waals surface area contributed by atoms with Crippen molar-refractivity contribution in [1.82, 2.24) is 10.6 Å². The fourth-order valence-electron chi connectivity index (χ4n) is 3.53. The van der Waals surface area contributed by atoms with E-state index in [1.807, 2.05) is 12.1 Å². The van der Waals surface area contributed by atoms with Gasteiger partial charge in [-0.3, -0.25) is 0 Å². The molecular formula is C14H18N2O2. The highest BCUT2D eigenvalue weighted by Gasteiger charge is 2.47. The Morgan fingerprint density at radius 1 is 1.33 bits per heavy atom. The van der Waals surface area contributed by atoms with Gasteiger partial charge in [0, 0.05) is 5.41 Å². The Morgan fingerprint density at radius 3 is 2.78 bits per heavy atom. The number of fused-ring (bicyclic) bond motifs is 1. The van der Waals surface area contributed by atoms with Crippen LogP contribution in [0.4, 0.5) is 4.79 Å². The van der Waals surface area contributed by atoms with Gasteiger partial charge in [-0.05, 0) is 43.5 Å². The minimum atomic E-state index is -0.922. The summed E-state index contributed by atoms with van der Waals surface area (Å²) in [7, 11) is 0. The third-order valence-electron chi connectivity index (χ3n) is 4.39. The maximum atomic E-state index is 11.1. The number of nitrogens with one attached hydrogen (secondary N) is 2. The Morgan fingerprint density at radius 2 is 2.06 bits per heavy atom. The van der Waals surface area contributed by atoms with Crippen LogP contribution in [-0.4, -0.2) is 24.3 Å². The molecule has 1 aliphatic heterocycles. The molecule has 1 aliphatic carbocycles. The Bertz CT molecular complexity index is 467. The quantitative estimate of drug-likeness (QED) is 0.709. The number of amides is 1. The first kappa shape index (κ1) is 11.5. The van der Waals surface area contributed by atoms with Crippen LogP contribution in [0.2, 0.25) is 0 Å². The van der Waals surface area contributed by atoms with E-state index >= 15 is 0 Å². The van der Waals surface area contributed by atoms with E-state index in [0.717, 1.165) is 32.4 Å². The fraction of sp³-hybridized carbons (Fsp3) is 0.500. The number of piperidine rings is 1. The van der Waals surface area contributed by atoms with Gasteiger partial charge in [-0.1, -0.05) is 24.3 Å². The largest absolute Gasteiger partial charge is 0.465 e. The molecule has 0 aromatic heterocycles. The maximum Gasteiger partial charge on any atom is 0.405 e. The van der Waals surface area contributed by atoms with Crippen LogP contribution in [0.1, 0.15) is 30.0 Å². The zero-order chi connectivity index (χ0) is 12.6. The minimum absolute atomic E-state index is 0.0479. The summed E-state index contributed by atoms with van der Waals surface area (Å²) in [6.07, 6.45) is 2.14. The van der Waals surface area contributed by atoms with Crippen molar-refractivity contribution >= 4 is 6.09 Å². The molecule has 1 aromatic rings. The van der Waals surface area contributed by atoms with Gasteiger partial charge >= 0.3 is 6.09 Å². The van der Waals surface area contributed by atoms with E-state index in [-0.39, 0.29) is 11.5 Å². The lowest BCUT2D eigenvalue weighted by molar-refractivity contribution is 0.134. The Labute approximate surface area is 106 Å². The molecule has 96 valence electrons. The van der Waals surface area contributed by atoms with Crippen molar-refractivity contribution in [3.8, 4) is 0 Å². The van der Waals surface area contributed by atoms with Crippen molar-refractivity contribution in [2.24, 2.45) is 5.41 Å². The summed E-state index contributed by atoms with van der Waals surface area (Å²) in [6.45, 7) is 1.96. The van der Waals surface area contributed by atoms with Gasteiger partial charge in [0.05, 0.1) is 6.04 Å². The summed E-state index contributed by atoms with van der Waals surface area (Å²) in [5, 5.41) is 15.2. The fourth-order valence-corrected chi connectivity index (χ4v) is 3.53. The van der Waals surface area contributed by atoms with Crippen LogP contribution in [0.15, 0.2) is 24.3 Å². The lowest BCUT2D eigenvalue weighted by Gasteiger charge is -2.39. The Kier molecular flexibility index (Phi) is 2.74. The van der Waals surface area contributed by atoms with E-state index < -0.39 is 6.09 Å². The molecule has 3 rings (SSSR count). The van der Waals surface area contributed by atoms with Crippen molar-refractivity contribution in [3.05, 3.63) is 35.4 Å². The second-order valence-corrected chi connectivity index (χ2v) is 5.37. The van der Waals surface area contributed by atoms with Gasteiger partial charge in [-0.15, -0.1) is 0 Å². The summed E-state index contributed by atoms with van der Waals surface area (Å²) < 4.78 is 0. The lowest BCUT2D eigenvalue weighted by atomic mass is 9.73. The third-order valence-corrected chi connectivity index (χ3v) is 4.39. The van der Waals surface area contributed by atoms with Gasteiger partial charge in [0.2, 0.25) is 0 Å². The monoisotopic (exact) mass is 246 g/mol. The smallest absolute Gasteiger partial charge is 0.405 e. The molecule has 0 radical (unpaired) electrons. The molecule has 1 spiro atoms. The van der Waals surface area contributed by atoms with Gasteiger partial charge in [-0.2, -0.15) is 0 Å². The van der Waals surface area contributed by atoms with Crippen molar-refractivity contribution < 1.29 is 9.90 Å². The van der Waals surface area contributed by atoms with Crippen LogP contribution < -0.4 is 10.6 Å². The number of hydrogen-bond donors (Lipinski definition) is 3. The average Bonchev–Trinajstić information content (AvgIpc) is 2.64. The van der Waals surface area contributed by atoms with Gasteiger partial charge in [-0.25, -0.2) is 4.79 Å². The number of rotatable bonds is 1. The number of carboxylic acid groups (broad SMARTS) is 1. The standard InChI is InChI=1S/C14H18N2O2/c17-13(18)16-12-11-4-2-1-3-10(11)9-14(12)5-7-15-8-6-14/h1-4,12,15-16H,5-9H2,(H,17,18)/t12-/m1/s1. The molecule has 1 heterocycles. The highest BCUT2D eigenvalue weighted by atomic mass is 16.4. The van der Waals surface area contributed by atoms with Crippen LogP contribution in [-0.2, 0) is 6.42 Å². The molecule has 2 aliphatic rings. The van der Waals surface area contributed by atoms with Crippen LogP contribution in [0.3, 0.4) is 0 Å². The van der Waals surface area contributed by atoms with Gasteiger partial charge < -0.3 is 15.7 Å². The minimum Gasteiger partial charge on any atom is -0.465 e.